The van der Waals surface area contributed by atoms with Gasteiger partial charge in [-0.2, -0.15) is 5.10 Å². The number of carbonyl (C=O) groups excluding carboxylic acids is 1. The maximum absolute atomic E-state index is 11.4. The van der Waals surface area contributed by atoms with Gasteiger partial charge in [0.15, 0.2) is 0 Å². The number of hydrogen-bond acceptors (Lipinski definition) is 5. The molecule has 2 N–H and O–H groups in total. The molecule has 0 spiro atoms. The number of nitrogens with one attached hydrogen (secondary N) is 2. The fraction of sp³-hybridized carbons (Fsp3) is 0.148. The molecule has 5 aromatic rings. The second-order valence-corrected chi connectivity index (χ2v) is 9.25. The Hall–Kier alpha value is -3.86. The number of fused-ring (bicyclic) bond motifs is 2. The minimum absolute atomic E-state index is 0. The molecule has 0 aliphatic carbocycles. The summed E-state index contributed by atoms with van der Waals surface area (Å²) in [5.41, 5.74) is 3.94. The number of benzene rings is 2. The lowest BCUT2D eigenvalue weighted by atomic mass is 10.2. The highest BCUT2D eigenvalue weighted by molar-refractivity contribution is 7.17. The van der Waals surface area contributed by atoms with Crippen molar-refractivity contribution in [1.29, 1.82) is 0 Å². The predicted octanol–water partition coefficient (Wildman–Crippen LogP) is 5.49. The van der Waals surface area contributed by atoms with E-state index in [1.54, 1.807) is 11.3 Å². The first-order valence-corrected chi connectivity index (χ1v) is 12.0. The summed E-state index contributed by atoms with van der Waals surface area (Å²) in [6.45, 7) is 0.732. The average molecular weight is 500 g/mol. The molecule has 1 aliphatic rings. The normalized spacial score (nSPS) is 14.9. The zero-order valence-corrected chi connectivity index (χ0v) is 20.3. The molecule has 0 radical (unpaired) electrons. The summed E-state index contributed by atoms with van der Waals surface area (Å²) in [5.74, 6) is 7.13. The largest absolute Gasteiger partial charge is 0.342 e. The molecular weight excluding hydrogens is 478 g/mol. The Balaban J connectivity index is 0.00000253. The van der Waals surface area contributed by atoms with Gasteiger partial charge < -0.3 is 10.6 Å². The van der Waals surface area contributed by atoms with Gasteiger partial charge in [-0.15, -0.1) is 23.7 Å². The van der Waals surface area contributed by atoms with Gasteiger partial charge in [-0.1, -0.05) is 36.3 Å². The van der Waals surface area contributed by atoms with Gasteiger partial charge >= 0.3 is 0 Å². The van der Waals surface area contributed by atoms with Gasteiger partial charge in [-0.25, -0.2) is 4.98 Å². The molecule has 1 fully saturated rings. The zero-order valence-electron chi connectivity index (χ0n) is 18.7. The van der Waals surface area contributed by atoms with Crippen LogP contribution in [-0.2, 0) is 11.3 Å². The maximum Gasteiger partial charge on any atom is 0.221 e. The van der Waals surface area contributed by atoms with Crippen molar-refractivity contribution in [3.63, 3.8) is 0 Å². The van der Waals surface area contributed by atoms with Crippen molar-refractivity contribution in [2.75, 3.05) is 5.32 Å². The summed E-state index contributed by atoms with van der Waals surface area (Å²) in [7, 11) is 0. The van der Waals surface area contributed by atoms with Gasteiger partial charge in [0.2, 0.25) is 5.91 Å². The van der Waals surface area contributed by atoms with Crippen LogP contribution >= 0.6 is 23.7 Å². The van der Waals surface area contributed by atoms with Crippen LogP contribution in [0.15, 0.2) is 72.2 Å². The van der Waals surface area contributed by atoms with Crippen LogP contribution in [0.25, 0.3) is 21.0 Å². The third-order valence-corrected chi connectivity index (χ3v) is 6.76. The molecule has 0 unspecified atom stereocenters. The Morgan fingerprint density at radius 2 is 2.03 bits per heavy atom. The van der Waals surface area contributed by atoms with E-state index in [1.807, 2.05) is 35.1 Å². The van der Waals surface area contributed by atoms with Crippen molar-refractivity contribution < 1.29 is 4.79 Å². The van der Waals surface area contributed by atoms with E-state index in [0.29, 0.717) is 12.1 Å². The molecule has 174 valence electrons. The fourth-order valence-corrected chi connectivity index (χ4v) is 5.01. The first-order chi connectivity index (χ1) is 16.7. The Bertz CT molecular complexity index is 1580. The van der Waals surface area contributed by atoms with Gasteiger partial charge in [0, 0.05) is 27.6 Å². The molecule has 0 saturated carbocycles. The number of carbonyl (C=O) groups is 1. The molecule has 6 nitrogen and oxygen atoms in total. The molecule has 4 heterocycles. The molecule has 8 heteroatoms. The summed E-state index contributed by atoms with van der Waals surface area (Å²) in [5, 5.41) is 15.1. The number of amides is 1. The number of pyridine rings is 1. The Morgan fingerprint density at radius 3 is 2.86 bits per heavy atom. The number of anilines is 2. The van der Waals surface area contributed by atoms with Crippen molar-refractivity contribution in [2.24, 2.45) is 0 Å². The van der Waals surface area contributed by atoms with Crippen LogP contribution in [0, 0.1) is 11.8 Å². The highest BCUT2D eigenvalue weighted by Gasteiger charge is 2.18. The minimum atomic E-state index is -0.0976. The Morgan fingerprint density at radius 1 is 1.14 bits per heavy atom. The molecule has 1 atom stereocenters. The molecule has 1 saturated heterocycles. The van der Waals surface area contributed by atoms with Crippen LogP contribution in [0.3, 0.4) is 0 Å². The quantitative estimate of drug-likeness (QED) is 0.321. The van der Waals surface area contributed by atoms with Crippen LogP contribution in [0.4, 0.5) is 11.5 Å². The second-order valence-electron chi connectivity index (χ2n) is 8.30. The van der Waals surface area contributed by atoms with Crippen LogP contribution in [0.1, 0.15) is 24.1 Å². The fourth-order valence-electron chi connectivity index (χ4n) is 4.19. The lowest BCUT2D eigenvalue weighted by Gasteiger charge is -2.09. The summed E-state index contributed by atoms with van der Waals surface area (Å²) in [6, 6.07) is 20.5. The number of aromatic nitrogens is 3. The van der Waals surface area contributed by atoms with Crippen LogP contribution in [0.2, 0.25) is 0 Å². The van der Waals surface area contributed by atoms with E-state index in [2.05, 4.69) is 69.4 Å². The van der Waals surface area contributed by atoms with Crippen molar-refractivity contribution in [1.82, 2.24) is 20.1 Å². The maximum atomic E-state index is 11.4. The van der Waals surface area contributed by atoms with E-state index in [1.165, 1.54) is 5.56 Å². The summed E-state index contributed by atoms with van der Waals surface area (Å²) in [4.78, 5) is 16.2. The number of rotatable bonds is 4. The Labute approximate surface area is 212 Å². The van der Waals surface area contributed by atoms with E-state index in [9.17, 15) is 4.79 Å². The monoisotopic (exact) mass is 499 g/mol. The summed E-state index contributed by atoms with van der Waals surface area (Å²) >= 11 is 1.66. The summed E-state index contributed by atoms with van der Waals surface area (Å²) < 4.78 is 3.14. The molecule has 1 amide bonds. The number of thiophene rings is 1. The van der Waals surface area contributed by atoms with Gasteiger partial charge in [-0.05, 0) is 53.6 Å². The lowest BCUT2D eigenvalue weighted by molar-refractivity contribution is -0.119. The third kappa shape index (κ3) is 4.85. The van der Waals surface area contributed by atoms with Gasteiger partial charge in [0.25, 0.3) is 0 Å². The van der Waals surface area contributed by atoms with Gasteiger partial charge in [0.05, 0.1) is 24.3 Å². The molecular formula is C27H22ClN5OS. The van der Waals surface area contributed by atoms with Crippen molar-refractivity contribution >= 4 is 62.1 Å². The van der Waals surface area contributed by atoms with E-state index >= 15 is 0 Å². The molecule has 1 aliphatic heterocycles. The topological polar surface area (TPSA) is 71.8 Å². The molecule has 35 heavy (non-hydrogen) atoms. The molecule has 2 aromatic carbocycles. The molecule has 6 rings (SSSR count). The smallest absolute Gasteiger partial charge is 0.221 e. The van der Waals surface area contributed by atoms with Crippen molar-refractivity contribution in [3.8, 4) is 11.8 Å². The predicted molar refractivity (Wildman–Crippen MR) is 143 cm³/mol. The van der Waals surface area contributed by atoms with Crippen molar-refractivity contribution in [2.45, 2.75) is 25.4 Å². The second kappa shape index (κ2) is 9.79. The zero-order chi connectivity index (χ0) is 22.9. The molecule has 3 aromatic heterocycles. The lowest BCUT2D eigenvalue weighted by Crippen LogP contribution is -2.23. The number of halogens is 1. The van der Waals surface area contributed by atoms with Gasteiger partial charge in [0.1, 0.15) is 11.5 Å². The first-order valence-electron chi connectivity index (χ1n) is 11.2. The third-order valence-electron chi connectivity index (χ3n) is 5.90. The minimum Gasteiger partial charge on any atom is -0.342 e. The van der Waals surface area contributed by atoms with E-state index in [4.69, 9.17) is 4.98 Å². The standard InChI is InChI=1S/C27H21N5OS.ClH/c33-26-11-9-20(29-26)6-7-22-15-25-23(12-13-34-25)27(31-22)30-21-8-10-24-19(14-21)16-28-32(24)17-18-4-2-1-3-5-18;/h1-5,8,10,12-16,20H,9,11,17H2,(H,29,33)(H,30,31);1H/t20-;/m1./s1. The van der Waals surface area contributed by atoms with Crippen LogP contribution in [-0.4, -0.2) is 26.7 Å². The highest BCUT2D eigenvalue weighted by atomic mass is 35.5. The highest BCUT2D eigenvalue weighted by Crippen LogP contribution is 2.30. The van der Waals surface area contributed by atoms with Crippen LogP contribution < -0.4 is 10.6 Å². The van der Waals surface area contributed by atoms with Gasteiger partial charge in [-0.3, -0.25) is 9.48 Å². The number of hydrogen-bond donors (Lipinski definition) is 2. The van der Waals surface area contributed by atoms with E-state index in [-0.39, 0.29) is 24.4 Å². The molecule has 0 bridgehead atoms. The van der Waals surface area contributed by atoms with Crippen LogP contribution in [0.5, 0.6) is 0 Å². The first kappa shape index (κ1) is 22.9. The van der Waals surface area contributed by atoms with Crippen molar-refractivity contribution in [3.05, 3.63) is 83.5 Å². The van der Waals surface area contributed by atoms with E-state index < -0.39 is 0 Å². The SMILES string of the molecule is Cl.O=C1CC[C@@H](C#Cc2cc3sccc3c(Nc3ccc4c(cnn4Cc4ccccc4)c3)n2)N1. The average Bonchev–Trinajstić information content (AvgIpc) is 3.59. The summed E-state index contributed by atoms with van der Waals surface area (Å²) in [6.07, 6.45) is 3.18. The Kier molecular flexibility index (Phi) is 6.41. The van der Waals surface area contributed by atoms with E-state index in [0.717, 1.165) is 45.5 Å². The number of nitrogens with zero attached hydrogens (tertiary/aromatic N) is 3.